The van der Waals surface area contributed by atoms with Crippen molar-refractivity contribution in [2.75, 3.05) is 23.7 Å². The largest absolute Gasteiger partial charge is 0.394 e. The Morgan fingerprint density at radius 2 is 2.29 bits per heavy atom. The molecule has 3 N–H and O–H groups in total. The summed E-state index contributed by atoms with van der Waals surface area (Å²) in [5.41, 5.74) is 7.88. The van der Waals surface area contributed by atoms with E-state index in [1.54, 1.807) is 0 Å². The molecular weight excluding hydrogens is 216 g/mol. The molecule has 2 unspecified atom stereocenters. The maximum Gasteiger partial charge on any atom is 0.150 e. The van der Waals surface area contributed by atoms with Crippen LogP contribution in [0.3, 0.4) is 0 Å². The molecule has 0 spiro atoms. The molecule has 1 aliphatic rings. The fourth-order valence-corrected chi connectivity index (χ4v) is 2.60. The summed E-state index contributed by atoms with van der Waals surface area (Å²) in [5.74, 6) is 1.35. The van der Waals surface area contributed by atoms with E-state index in [4.69, 9.17) is 5.73 Å². The molecule has 96 valence electrons. The zero-order valence-corrected chi connectivity index (χ0v) is 10.8. The summed E-state index contributed by atoms with van der Waals surface area (Å²) in [6, 6.07) is 0. The minimum absolute atomic E-state index is 0.250. The van der Waals surface area contributed by atoms with Gasteiger partial charge in [0.2, 0.25) is 0 Å². The van der Waals surface area contributed by atoms with Gasteiger partial charge in [0.15, 0.2) is 0 Å². The molecular formula is C12H22N4O. The lowest BCUT2D eigenvalue weighted by atomic mass is 10.0. The summed E-state index contributed by atoms with van der Waals surface area (Å²) in [6.07, 6.45) is 1.62. The number of nitrogens with two attached hydrogens (primary N) is 1. The highest BCUT2D eigenvalue weighted by atomic mass is 16.3. The lowest BCUT2D eigenvalue weighted by Gasteiger charge is -2.20. The van der Waals surface area contributed by atoms with E-state index in [2.05, 4.69) is 16.9 Å². The molecule has 1 aromatic rings. The highest BCUT2D eigenvalue weighted by Crippen LogP contribution is 2.31. The number of nitrogen functional groups attached to an aromatic ring is 1. The number of aliphatic hydroxyl groups excluding tert-OH is 1. The summed E-state index contributed by atoms with van der Waals surface area (Å²) >= 11 is 0. The van der Waals surface area contributed by atoms with Gasteiger partial charge >= 0.3 is 0 Å². The van der Waals surface area contributed by atoms with Crippen LogP contribution in [-0.4, -0.2) is 34.1 Å². The van der Waals surface area contributed by atoms with E-state index in [9.17, 15) is 5.11 Å². The maximum atomic E-state index is 9.63. The van der Waals surface area contributed by atoms with Crippen LogP contribution in [0.4, 0.5) is 11.5 Å². The standard InChI is InChI=1S/C12H22N4O/c1-4-10-11(13)12(15(3)14-10)16-6-5-9(7-16)8(2)17/h8-9,17H,4-7,13H2,1-3H3. The van der Waals surface area contributed by atoms with Crippen molar-refractivity contribution in [2.24, 2.45) is 13.0 Å². The first-order valence-corrected chi connectivity index (χ1v) is 6.29. The van der Waals surface area contributed by atoms with Gasteiger partial charge in [-0.1, -0.05) is 6.92 Å². The third-order valence-electron chi connectivity index (χ3n) is 3.67. The van der Waals surface area contributed by atoms with Crippen molar-refractivity contribution >= 4 is 11.5 Å². The van der Waals surface area contributed by atoms with Crippen LogP contribution < -0.4 is 10.6 Å². The minimum atomic E-state index is -0.250. The van der Waals surface area contributed by atoms with E-state index in [1.807, 2.05) is 18.7 Å². The molecule has 0 aliphatic carbocycles. The average molecular weight is 238 g/mol. The molecule has 0 radical (unpaired) electrons. The van der Waals surface area contributed by atoms with Crippen LogP contribution >= 0.6 is 0 Å². The quantitative estimate of drug-likeness (QED) is 0.816. The molecule has 2 rings (SSSR count). The second-order valence-electron chi connectivity index (χ2n) is 4.90. The van der Waals surface area contributed by atoms with Gasteiger partial charge in [-0.2, -0.15) is 5.10 Å². The van der Waals surface area contributed by atoms with Crippen molar-refractivity contribution in [1.29, 1.82) is 0 Å². The van der Waals surface area contributed by atoms with Crippen molar-refractivity contribution < 1.29 is 5.11 Å². The molecule has 1 saturated heterocycles. The van der Waals surface area contributed by atoms with Crippen molar-refractivity contribution in [3.05, 3.63) is 5.69 Å². The molecule has 5 heteroatoms. The average Bonchev–Trinajstić information content (AvgIpc) is 2.83. The number of aryl methyl sites for hydroxylation is 2. The van der Waals surface area contributed by atoms with Crippen LogP contribution in [0.25, 0.3) is 0 Å². The zero-order valence-electron chi connectivity index (χ0n) is 10.8. The number of hydrogen-bond donors (Lipinski definition) is 2. The lowest BCUT2D eigenvalue weighted by molar-refractivity contribution is 0.136. The molecule has 0 aromatic carbocycles. The second-order valence-corrected chi connectivity index (χ2v) is 4.90. The Labute approximate surface area is 102 Å². The summed E-state index contributed by atoms with van der Waals surface area (Å²) in [7, 11) is 1.93. The Balaban J connectivity index is 2.21. The Bertz CT molecular complexity index is 399. The van der Waals surface area contributed by atoms with Crippen LogP contribution in [0, 0.1) is 5.92 Å². The Kier molecular flexibility index (Phi) is 3.28. The molecule has 1 aromatic heterocycles. The van der Waals surface area contributed by atoms with Gasteiger partial charge in [-0.15, -0.1) is 0 Å². The van der Waals surface area contributed by atoms with Gasteiger partial charge in [0, 0.05) is 26.1 Å². The van der Waals surface area contributed by atoms with Crippen molar-refractivity contribution in [1.82, 2.24) is 9.78 Å². The number of aliphatic hydroxyl groups is 1. The van der Waals surface area contributed by atoms with Gasteiger partial charge in [0.05, 0.1) is 17.5 Å². The first-order valence-electron chi connectivity index (χ1n) is 6.29. The van der Waals surface area contributed by atoms with Gasteiger partial charge in [-0.05, 0) is 19.8 Å². The SMILES string of the molecule is CCc1nn(C)c(N2CCC(C(C)O)C2)c1N. The van der Waals surface area contributed by atoms with Gasteiger partial charge < -0.3 is 15.7 Å². The first kappa shape index (κ1) is 12.2. The number of anilines is 2. The summed E-state index contributed by atoms with van der Waals surface area (Å²) in [6.45, 7) is 5.73. The monoisotopic (exact) mass is 238 g/mol. The molecule has 1 aliphatic heterocycles. The summed E-state index contributed by atoms with van der Waals surface area (Å²) < 4.78 is 1.86. The van der Waals surface area contributed by atoms with Crippen LogP contribution in [0.15, 0.2) is 0 Å². The van der Waals surface area contributed by atoms with Gasteiger partial charge in [0.25, 0.3) is 0 Å². The fourth-order valence-electron chi connectivity index (χ4n) is 2.60. The van der Waals surface area contributed by atoms with Crippen LogP contribution in [0.5, 0.6) is 0 Å². The number of rotatable bonds is 3. The number of hydrogen-bond acceptors (Lipinski definition) is 4. The third-order valence-corrected chi connectivity index (χ3v) is 3.67. The zero-order chi connectivity index (χ0) is 12.6. The third kappa shape index (κ3) is 2.11. The molecule has 0 saturated carbocycles. The molecule has 17 heavy (non-hydrogen) atoms. The second kappa shape index (κ2) is 4.56. The van der Waals surface area contributed by atoms with E-state index in [0.717, 1.165) is 43.1 Å². The van der Waals surface area contributed by atoms with Gasteiger partial charge in [0.1, 0.15) is 5.82 Å². The molecule has 2 atom stereocenters. The Hall–Kier alpha value is -1.23. The molecule has 5 nitrogen and oxygen atoms in total. The topological polar surface area (TPSA) is 67.3 Å². The van der Waals surface area contributed by atoms with Crippen LogP contribution in [0.2, 0.25) is 0 Å². The van der Waals surface area contributed by atoms with Crippen molar-refractivity contribution in [2.45, 2.75) is 32.8 Å². The molecule has 1 fully saturated rings. The number of nitrogens with zero attached hydrogens (tertiary/aromatic N) is 3. The molecule has 0 amide bonds. The summed E-state index contributed by atoms with van der Waals surface area (Å²) in [5, 5.41) is 14.1. The predicted octanol–water partition coefficient (Wildman–Crippen LogP) is 0.772. The lowest BCUT2D eigenvalue weighted by Crippen LogP contribution is -2.26. The molecule has 0 bridgehead atoms. The van der Waals surface area contributed by atoms with E-state index >= 15 is 0 Å². The van der Waals surface area contributed by atoms with E-state index in [-0.39, 0.29) is 6.10 Å². The van der Waals surface area contributed by atoms with E-state index < -0.39 is 0 Å². The Morgan fingerprint density at radius 3 is 2.76 bits per heavy atom. The smallest absolute Gasteiger partial charge is 0.150 e. The predicted molar refractivity (Wildman–Crippen MR) is 69.0 cm³/mol. The fraction of sp³-hybridized carbons (Fsp3) is 0.750. The minimum Gasteiger partial charge on any atom is -0.394 e. The Morgan fingerprint density at radius 1 is 1.59 bits per heavy atom. The number of aromatic nitrogens is 2. The van der Waals surface area contributed by atoms with Crippen molar-refractivity contribution in [3.63, 3.8) is 0 Å². The first-order chi connectivity index (χ1) is 8.04. The normalized spacial score (nSPS) is 22.1. The van der Waals surface area contributed by atoms with E-state index in [0.29, 0.717) is 5.92 Å². The maximum absolute atomic E-state index is 9.63. The summed E-state index contributed by atoms with van der Waals surface area (Å²) in [4.78, 5) is 2.24. The highest BCUT2D eigenvalue weighted by molar-refractivity contribution is 5.66. The van der Waals surface area contributed by atoms with Crippen molar-refractivity contribution in [3.8, 4) is 0 Å². The van der Waals surface area contributed by atoms with Crippen LogP contribution in [0.1, 0.15) is 26.0 Å². The van der Waals surface area contributed by atoms with Gasteiger partial charge in [-0.25, -0.2) is 0 Å². The van der Waals surface area contributed by atoms with Crippen LogP contribution in [-0.2, 0) is 13.5 Å². The molecule has 2 heterocycles. The van der Waals surface area contributed by atoms with E-state index in [1.165, 1.54) is 0 Å². The highest BCUT2D eigenvalue weighted by Gasteiger charge is 2.29. The van der Waals surface area contributed by atoms with Gasteiger partial charge in [-0.3, -0.25) is 4.68 Å².